The number of pyridine rings is 2. The maximum atomic E-state index is 14.8. The van der Waals surface area contributed by atoms with E-state index in [1.807, 2.05) is 13.8 Å². The number of carbonyl (C=O) groups is 2. The largest absolute Gasteiger partial charge is 0.503 e. The van der Waals surface area contributed by atoms with E-state index in [9.17, 15) is 28.7 Å². The van der Waals surface area contributed by atoms with Crippen molar-refractivity contribution < 1.29 is 19.1 Å². The van der Waals surface area contributed by atoms with Crippen molar-refractivity contribution in [1.29, 1.82) is 0 Å². The number of H-pyrrole nitrogens is 1. The Morgan fingerprint density at radius 1 is 1.17 bits per heavy atom. The number of halogens is 1. The zero-order chi connectivity index (χ0) is 30.3. The first kappa shape index (κ1) is 28.4. The lowest BCUT2D eigenvalue weighted by Crippen LogP contribution is -2.47. The summed E-state index contributed by atoms with van der Waals surface area (Å²) in [5.41, 5.74) is -0.137. The van der Waals surface area contributed by atoms with Gasteiger partial charge in [-0.3, -0.25) is 14.4 Å². The first-order valence-electron chi connectivity index (χ1n) is 13.4. The van der Waals surface area contributed by atoms with Gasteiger partial charge in [0, 0.05) is 42.7 Å². The SMILES string of the molecule is CC(C)[C@H](Nc1nc(-c2ccc3n[nH]c(=O)n3c2)ncc1F)C(=O)NCc1cc(=O)c(O)c2n1CCN(C(C)C)C2=O. The lowest BCUT2D eigenvalue weighted by molar-refractivity contribution is -0.122. The molecule has 1 atom stereocenters. The second-order valence-electron chi connectivity index (χ2n) is 10.6. The highest BCUT2D eigenvalue weighted by Gasteiger charge is 2.32. The fraction of sp³-hybridized carbons (Fsp3) is 0.370. The lowest BCUT2D eigenvalue weighted by Gasteiger charge is -2.34. The molecule has 4 aromatic heterocycles. The predicted octanol–water partition coefficient (Wildman–Crippen LogP) is 1.10. The molecular weight excluding hydrogens is 549 g/mol. The number of aromatic amines is 1. The molecular formula is C27H30FN9O5. The molecule has 4 aromatic rings. The van der Waals surface area contributed by atoms with Gasteiger partial charge < -0.3 is 25.2 Å². The van der Waals surface area contributed by atoms with Gasteiger partial charge in [0.2, 0.25) is 11.3 Å². The molecule has 14 nitrogen and oxygen atoms in total. The number of aromatic hydroxyl groups is 1. The maximum Gasteiger partial charge on any atom is 0.347 e. The third-order valence-corrected chi connectivity index (χ3v) is 7.12. The van der Waals surface area contributed by atoms with Gasteiger partial charge in [-0.1, -0.05) is 13.8 Å². The summed E-state index contributed by atoms with van der Waals surface area (Å²) in [7, 11) is 0. The number of nitrogens with one attached hydrogen (secondary N) is 3. The summed E-state index contributed by atoms with van der Waals surface area (Å²) in [5.74, 6) is -2.80. The number of hydrogen-bond donors (Lipinski definition) is 4. The molecule has 0 aliphatic carbocycles. The van der Waals surface area contributed by atoms with Crippen LogP contribution in [0, 0.1) is 11.7 Å². The Morgan fingerprint density at radius 3 is 2.64 bits per heavy atom. The second-order valence-corrected chi connectivity index (χ2v) is 10.6. The highest BCUT2D eigenvalue weighted by atomic mass is 19.1. The Hall–Kier alpha value is -5.08. The Labute approximate surface area is 238 Å². The molecule has 42 heavy (non-hydrogen) atoms. The quantitative estimate of drug-likeness (QED) is 0.238. The summed E-state index contributed by atoms with van der Waals surface area (Å²) in [6, 6.07) is 3.34. The first-order chi connectivity index (χ1) is 20.0. The highest BCUT2D eigenvalue weighted by molar-refractivity contribution is 5.96. The van der Waals surface area contributed by atoms with Crippen molar-refractivity contribution in [2.24, 2.45) is 5.92 Å². The summed E-state index contributed by atoms with van der Waals surface area (Å²) in [6.07, 6.45) is 2.44. The smallest absolute Gasteiger partial charge is 0.347 e. The zero-order valence-electron chi connectivity index (χ0n) is 23.4. The summed E-state index contributed by atoms with van der Waals surface area (Å²) in [4.78, 5) is 60.6. The molecule has 0 saturated carbocycles. The van der Waals surface area contributed by atoms with Crippen LogP contribution in [0.25, 0.3) is 17.0 Å². The van der Waals surface area contributed by atoms with E-state index in [0.29, 0.717) is 30.0 Å². The second kappa shape index (κ2) is 11.1. The Bertz CT molecular complexity index is 1810. The van der Waals surface area contributed by atoms with Crippen LogP contribution in [0.2, 0.25) is 0 Å². The Kier molecular flexibility index (Phi) is 7.49. The third kappa shape index (κ3) is 5.20. The van der Waals surface area contributed by atoms with E-state index >= 15 is 0 Å². The van der Waals surface area contributed by atoms with Crippen molar-refractivity contribution in [2.45, 2.75) is 52.9 Å². The third-order valence-electron chi connectivity index (χ3n) is 7.12. The molecule has 15 heteroatoms. The van der Waals surface area contributed by atoms with Gasteiger partial charge in [0.15, 0.2) is 34.6 Å². The van der Waals surface area contributed by atoms with Crippen molar-refractivity contribution in [2.75, 3.05) is 11.9 Å². The monoisotopic (exact) mass is 579 g/mol. The number of fused-ring (bicyclic) bond motifs is 2. The molecule has 0 unspecified atom stereocenters. The van der Waals surface area contributed by atoms with Crippen LogP contribution in [-0.2, 0) is 17.9 Å². The average Bonchev–Trinajstić information content (AvgIpc) is 3.32. The predicted molar refractivity (Wildman–Crippen MR) is 149 cm³/mol. The van der Waals surface area contributed by atoms with Crippen LogP contribution < -0.4 is 21.8 Å². The number of hydrogen-bond acceptors (Lipinski definition) is 9. The van der Waals surface area contributed by atoms with Gasteiger partial charge >= 0.3 is 5.69 Å². The van der Waals surface area contributed by atoms with E-state index in [-0.39, 0.29) is 35.8 Å². The molecule has 0 radical (unpaired) electrons. The molecule has 1 aliphatic heterocycles. The first-order valence-corrected chi connectivity index (χ1v) is 13.4. The summed E-state index contributed by atoms with van der Waals surface area (Å²) in [5, 5.41) is 22.2. The molecule has 0 bridgehead atoms. The van der Waals surface area contributed by atoms with Crippen LogP contribution in [0.1, 0.15) is 43.9 Å². The normalized spacial score (nSPS) is 14.0. The fourth-order valence-corrected chi connectivity index (χ4v) is 4.86. The van der Waals surface area contributed by atoms with Crippen LogP contribution in [0.4, 0.5) is 10.2 Å². The molecule has 0 fully saturated rings. The molecule has 4 N–H and O–H groups in total. The summed E-state index contributed by atoms with van der Waals surface area (Å²) < 4.78 is 17.6. The summed E-state index contributed by atoms with van der Waals surface area (Å²) in [6.45, 7) is 7.81. The van der Waals surface area contributed by atoms with Crippen molar-refractivity contribution in [3.63, 3.8) is 0 Å². The van der Waals surface area contributed by atoms with Crippen LogP contribution in [0.5, 0.6) is 5.75 Å². The van der Waals surface area contributed by atoms with Gasteiger partial charge in [-0.25, -0.2) is 28.7 Å². The maximum absolute atomic E-state index is 14.8. The zero-order valence-corrected chi connectivity index (χ0v) is 23.4. The van der Waals surface area contributed by atoms with Gasteiger partial charge in [0.05, 0.1) is 12.7 Å². The van der Waals surface area contributed by atoms with E-state index in [4.69, 9.17) is 0 Å². The summed E-state index contributed by atoms with van der Waals surface area (Å²) >= 11 is 0. The standard InChI is InChI=1S/C27H30FN9O5/c1-13(2)20(31-24-17(28)11-29-23(32-24)15-5-6-19-33-34-27(42)37(19)12-15)25(40)30-10-16-9-18(38)22(39)21-26(41)35(14(3)4)7-8-36(16)21/h5-6,9,11-14,20,39H,7-8,10H2,1-4H3,(H,30,40)(H,34,42)(H,29,31,32)/t20-/m0/s1. The van der Waals surface area contributed by atoms with Gasteiger partial charge in [-0.2, -0.15) is 5.10 Å². The van der Waals surface area contributed by atoms with E-state index in [2.05, 4.69) is 30.8 Å². The van der Waals surface area contributed by atoms with Gasteiger partial charge in [-0.05, 0) is 31.9 Å². The number of anilines is 1. The van der Waals surface area contributed by atoms with Crippen molar-refractivity contribution >= 4 is 23.3 Å². The molecule has 5 rings (SSSR count). The average molecular weight is 580 g/mol. The van der Waals surface area contributed by atoms with E-state index in [1.54, 1.807) is 30.9 Å². The van der Waals surface area contributed by atoms with E-state index in [0.717, 1.165) is 6.20 Å². The van der Waals surface area contributed by atoms with Gasteiger partial charge in [0.25, 0.3) is 5.91 Å². The van der Waals surface area contributed by atoms with E-state index < -0.39 is 40.5 Å². The Morgan fingerprint density at radius 2 is 1.93 bits per heavy atom. The number of carbonyl (C=O) groups excluding carboxylic acids is 2. The number of amides is 2. The molecule has 0 aromatic carbocycles. The molecule has 0 saturated heterocycles. The number of nitrogens with zero attached hydrogens (tertiary/aromatic N) is 6. The number of rotatable bonds is 8. The van der Waals surface area contributed by atoms with Gasteiger partial charge in [-0.15, -0.1) is 0 Å². The highest BCUT2D eigenvalue weighted by Crippen LogP contribution is 2.23. The molecule has 2 amide bonds. The van der Waals surface area contributed by atoms with Crippen LogP contribution in [0.3, 0.4) is 0 Å². The van der Waals surface area contributed by atoms with Crippen molar-refractivity contribution in [3.8, 4) is 17.1 Å². The molecule has 5 heterocycles. The van der Waals surface area contributed by atoms with Crippen LogP contribution in [-0.4, -0.2) is 69.6 Å². The van der Waals surface area contributed by atoms with Crippen molar-refractivity contribution in [3.05, 3.63) is 68.5 Å². The minimum absolute atomic E-state index is 0.113. The van der Waals surface area contributed by atoms with Crippen molar-refractivity contribution in [1.82, 2.24) is 39.3 Å². The lowest BCUT2D eigenvalue weighted by atomic mass is 10.0. The molecule has 1 aliphatic rings. The Balaban J connectivity index is 1.37. The topological polar surface area (TPSA) is 180 Å². The molecule has 220 valence electrons. The van der Waals surface area contributed by atoms with Gasteiger partial charge in [0.1, 0.15) is 6.04 Å². The van der Waals surface area contributed by atoms with Crippen LogP contribution in [0.15, 0.2) is 40.2 Å². The minimum atomic E-state index is -0.941. The number of aromatic nitrogens is 6. The van der Waals surface area contributed by atoms with Crippen LogP contribution >= 0.6 is 0 Å². The fourth-order valence-electron chi connectivity index (χ4n) is 4.86. The van der Waals surface area contributed by atoms with E-state index in [1.165, 1.54) is 21.2 Å². The molecule has 0 spiro atoms. The minimum Gasteiger partial charge on any atom is -0.503 e.